The number of amidine groups is 1. The number of thioether (sulfide) groups is 1. The van der Waals surface area contributed by atoms with E-state index in [0.29, 0.717) is 16.9 Å². The molecule has 1 aliphatic rings. The van der Waals surface area contributed by atoms with Gasteiger partial charge in [0.15, 0.2) is 5.17 Å². The van der Waals surface area contributed by atoms with Crippen LogP contribution in [0.15, 0.2) is 29.3 Å². The minimum Gasteiger partial charge on any atom is -0.335 e. The van der Waals surface area contributed by atoms with Crippen molar-refractivity contribution in [3.8, 4) is 0 Å². The maximum Gasteiger partial charge on any atom is 0.416 e. The van der Waals surface area contributed by atoms with E-state index < -0.39 is 11.7 Å². The van der Waals surface area contributed by atoms with Crippen LogP contribution in [0.2, 0.25) is 0 Å². The van der Waals surface area contributed by atoms with Gasteiger partial charge in [-0.1, -0.05) is 25.6 Å². The van der Waals surface area contributed by atoms with E-state index in [0.717, 1.165) is 30.3 Å². The fraction of sp³-hybridized carbons (Fsp3) is 0.500. The summed E-state index contributed by atoms with van der Waals surface area (Å²) in [5.41, 5.74) is -0.00352. The number of anilines is 1. The fourth-order valence-electron chi connectivity index (χ4n) is 2.00. The minimum absolute atomic E-state index is 0.465. The summed E-state index contributed by atoms with van der Waals surface area (Å²) < 4.78 is 37.3. The number of nitrogens with one attached hydrogen (secondary N) is 1. The maximum atomic E-state index is 12.4. The molecular formula is C14H17F3N2S. The Morgan fingerprint density at radius 1 is 1.30 bits per heavy atom. The zero-order valence-electron chi connectivity index (χ0n) is 11.4. The summed E-state index contributed by atoms with van der Waals surface area (Å²) in [4.78, 5) is 4.38. The first-order valence-corrected chi connectivity index (χ1v) is 7.38. The molecule has 110 valence electrons. The summed E-state index contributed by atoms with van der Waals surface area (Å²) in [6, 6.07) is 5.02. The van der Waals surface area contributed by atoms with Crippen LogP contribution in [0.1, 0.15) is 25.8 Å². The van der Waals surface area contributed by atoms with Gasteiger partial charge in [0.2, 0.25) is 0 Å². The van der Waals surface area contributed by atoms with E-state index in [4.69, 9.17) is 0 Å². The van der Waals surface area contributed by atoms with Gasteiger partial charge in [-0.3, -0.25) is 4.99 Å². The second-order valence-corrected chi connectivity index (χ2v) is 6.50. The smallest absolute Gasteiger partial charge is 0.335 e. The topological polar surface area (TPSA) is 24.4 Å². The molecule has 0 saturated heterocycles. The van der Waals surface area contributed by atoms with Crippen LogP contribution in [0.4, 0.5) is 18.9 Å². The third-order valence-corrected chi connectivity index (χ3v) is 4.04. The van der Waals surface area contributed by atoms with Crippen molar-refractivity contribution >= 4 is 22.6 Å². The van der Waals surface area contributed by atoms with Gasteiger partial charge in [-0.15, -0.1) is 0 Å². The SMILES string of the molecule is CC(C)CC1CN=C(Nc2ccc(C(F)(F)F)cc2)S1. The molecule has 0 fully saturated rings. The Hall–Kier alpha value is -1.17. The largest absolute Gasteiger partial charge is 0.416 e. The molecule has 0 aliphatic carbocycles. The van der Waals surface area contributed by atoms with Crippen molar-refractivity contribution < 1.29 is 13.2 Å². The normalized spacial score (nSPS) is 19.3. The van der Waals surface area contributed by atoms with Crippen LogP contribution in [0.5, 0.6) is 0 Å². The van der Waals surface area contributed by atoms with E-state index in [2.05, 4.69) is 24.2 Å². The highest BCUT2D eigenvalue weighted by atomic mass is 32.2. The van der Waals surface area contributed by atoms with E-state index >= 15 is 0 Å². The van der Waals surface area contributed by atoms with Crippen LogP contribution in [0.3, 0.4) is 0 Å². The lowest BCUT2D eigenvalue weighted by Gasteiger charge is -2.12. The summed E-state index contributed by atoms with van der Waals surface area (Å²) in [6.07, 6.45) is -3.20. The van der Waals surface area contributed by atoms with Crippen LogP contribution in [0.25, 0.3) is 0 Å². The Morgan fingerprint density at radius 3 is 2.50 bits per heavy atom. The molecule has 1 heterocycles. The average molecular weight is 302 g/mol. The Kier molecular flexibility index (Phi) is 4.62. The van der Waals surface area contributed by atoms with Crippen LogP contribution >= 0.6 is 11.8 Å². The number of rotatable bonds is 3. The van der Waals surface area contributed by atoms with Crippen molar-refractivity contribution in [2.24, 2.45) is 10.9 Å². The second-order valence-electron chi connectivity index (χ2n) is 5.22. The van der Waals surface area contributed by atoms with Gasteiger partial charge in [0.25, 0.3) is 0 Å². The first kappa shape index (κ1) is 15.2. The van der Waals surface area contributed by atoms with E-state index in [1.165, 1.54) is 12.1 Å². The van der Waals surface area contributed by atoms with Gasteiger partial charge >= 0.3 is 6.18 Å². The molecule has 1 aliphatic heterocycles. The molecular weight excluding hydrogens is 285 g/mol. The molecule has 1 aromatic carbocycles. The highest BCUT2D eigenvalue weighted by Gasteiger charge is 2.30. The van der Waals surface area contributed by atoms with Crippen molar-refractivity contribution in [2.45, 2.75) is 31.7 Å². The van der Waals surface area contributed by atoms with Crippen molar-refractivity contribution in [3.63, 3.8) is 0 Å². The number of nitrogens with zero attached hydrogens (tertiary/aromatic N) is 1. The molecule has 6 heteroatoms. The number of benzene rings is 1. The van der Waals surface area contributed by atoms with Crippen molar-refractivity contribution in [1.82, 2.24) is 0 Å². The molecule has 0 spiro atoms. The molecule has 2 nitrogen and oxygen atoms in total. The molecule has 20 heavy (non-hydrogen) atoms. The number of aliphatic imine (C=N–C) groups is 1. The first-order chi connectivity index (χ1) is 9.34. The Bertz CT molecular complexity index is 480. The summed E-state index contributed by atoms with van der Waals surface area (Å²) in [5, 5.41) is 4.32. The molecule has 0 aromatic heterocycles. The van der Waals surface area contributed by atoms with E-state index in [-0.39, 0.29) is 0 Å². The predicted octanol–water partition coefficient (Wildman–Crippen LogP) is 4.63. The Labute approximate surface area is 120 Å². The summed E-state index contributed by atoms with van der Waals surface area (Å²) in [7, 11) is 0. The highest BCUT2D eigenvalue weighted by molar-refractivity contribution is 8.15. The lowest BCUT2D eigenvalue weighted by molar-refractivity contribution is -0.137. The van der Waals surface area contributed by atoms with Gasteiger partial charge in [-0.25, -0.2) is 0 Å². The number of halogens is 3. The zero-order valence-corrected chi connectivity index (χ0v) is 12.2. The number of alkyl halides is 3. The quantitative estimate of drug-likeness (QED) is 0.880. The molecule has 0 amide bonds. The molecule has 1 unspecified atom stereocenters. The van der Waals surface area contributed by atoms with Crippen molar-refractivity contribution in [2.75, 3.05) is 11.9 Å². The molecule has 0 radical (unpaired) electrons. The lowest BCUT2D eigenvalue weighted by atomic mass is 10.1. The van der Waals surface area contributed by atoms with E-state index in [9.17, 15) is 13.2 Å². The Balaban J connectivity index is 1.92. The molecule has 0 saturated carbocycles. The van der Waals surface area contributed by atoms with Crippen LogP contribution < -0.4 is 5.32 Å². The Morgan fingerprint density at radius 2 is 1.95 bits per heavy atom. The maximum absolute atomic E-state index is 12.4. The lowest BCUT2D eigenvalue weighted by Crippen LogP contribution is -2.10. The van der Waals surface area contributed by atoms with Crippen molar-refractivity contribution in [1.29, 1.82) is 0 Å². The summed E-state index contributed by atoms with van der Waals surface area (Å²) in [6.45, 7) is 5.11. The average Bonchev–Trinajstić information content (AvgIpc) is 2.75. The third-order valence-electron chi connectivity index (χ3n) is 2.91. The highest BCUT2D eigenvalue weighted by Crippen LogP contribution is 2.31. The van der Waals surface area contributed by atoms with Crippen LogP contribution in [-0.2, 0) is 6.18 Å². The van der Waals surface area contributed by atoms with Gasteiger partial charge in [0.1, 0.15) is 0 Å². The summed E-state index contributed by atoms with van der Waals surface area (Å²) >= 11 is 1.66. The fourth-order valence-corrected chi connectivity index (χ4v) is 3.27. The monoisotopic (exact) mass is 302 g/mol. The summed E-state index contributed by atoms with van der Waals surface area (Å²) in [5.74, 6) is 0.619. The molecule has 2 rings (SSSR count). The number of hydrogen-bond acceptors (Lipinski definition) is 3. The van der Waals surface area contributed by atoms with E-state index in [1.807, 2.05) is 0 Å². The molecule has 1 N–H and O–H groups in total. The van der Waals surface area contributed by atoms with Crippen molar-refractivity contribution in [3.05, 3.63) is 29.8 Å². The minimum atomic E-state index is -4.29. The van der Waals surface area contributed by atoms with Crippen LogP contribution in [-0.4, -0.2) is 17.0 Å². The molecule has 0 bridgehead atoms. The van der Waals surface area contributed by atoms with Gasteiger partial charge in [0.05, 0.1) is 12.1 Å². The first-order valence-electron chi connectivity index (χ1n) is 6.50. The number of hydrogen-bond donors (Lipinski definition) is 1. The predicted molar refractivity (Wildman–Crippen MR) is 78.2 cm³/mol. The van der Waals surface area contributed by atoms with Gasteiger partial charge < -0.3 is 5.32 Å². The van der Waals surface area contributed by atoms with Gasteiger partial charge in [-0.05, 0) is 36.6 Å². The van der Waals surface area contributed by atoms with Crippen LogP contribution in [0, 0.1) is 5.92 Å². The molecule has 1 atom stereocenters. The van der Waals surface area contributed by atoms with Gasteiger partial charge in [-0.2, -0.15) is 13.2 Å². The van der Waals surface area contributed by atoms with Gasteiger partial charge in [0, 0.05) is 10.9 Å². The second kappa shape index (κ2) is 6.08. The standard InChI is InChI=1S/C14H17F3N2S/c1-9(2)7-12-8-18-13(20-12)19-11-5-3-10(4-6-11)14(15,16)17/h3-6,9,12H,7-8H2,1-2H3,(H,18,19). The third kappa shape index (κ3) is 4.16. The molecule has 1 aromatic rings. The zero-order chi connectivity index (χ0) is 14.8. The van der Waals surface area contributed by atoms with E-state index in [1.54, 1.807) is 11.8 Å².